The van der Waals surface area contributed by atoms with Gasteiger partial charge in [0.15, 0.2) is 0 Å². The third-order valence-electron chi connectivity index (χ3n) is 4.34. The smallest absolute Gasteiger partial charge is 0.121 e. The van der Waals surface area contributed by atoms with Crippen LogP contribution in [0, 0.1) is 11.8 Å². The first-order valence-electron chi connectivity index (χ1n) is 7.58. The number of nitrogens with zero attached hydrogens (tertiary/aromatic N) is 1. The predicted octanol–water partition coefficient (Wildman–Crippen LogP) is 1.82. The first kappa shape index (κ1) is 13.7. The minimum Gasteiger partial charge on any atom is -0.386 e. The lowest BCUT2D eigenvalue weighted by Gasteiger charge is -2.18. The van der Waals surface area contributed by atoms with Crippen LogP contribution in [0.5, 0.6) is 0 Å². The number of hydrogen-bond donors (Lipinski definition) is 3. The quantitative estimate of drug-likeness (QED) is 0.606. The molecule has 3 unspecified atom stereocenters. The van der Waals surface area contributed by atoms with Crippen LogP contribution < -0.4 is 16.5 Å². The van der Waals surface area contributed by atoms with E-state index in [0.29, 0.717) is 6.04 Å². The van der Waals surface area contributed by atoms with Crippen LogP contribution in [-0.4, -0.2) is 25.0 Å². The highest BCUT2D eigenvalue weighted by Crippen LogP contribution is 2.34. The summed E-state index contributed by atoms with van der Waals surface area (Å²) in [5.41, 5.74) is 8.92. The van der Waals surface area contributed by atoms with Crippen molar-refractivity contribution in [3.05, 3.63) is 0 Å². The first-order chi connectivity index (χ1) is 8.79. The molecule has 0 radical (unpaired) electrons. The Kier molecular flexibility index (Phi) is 5.29. The average molecular weight is 252 g/mol. The lowest BCUT2D eigenvalue weighted by atomic mass is 9.95. The van der Waals surface area contributed by atoms with Gasteiger partial charge in [-0.05, 0) is 50.6 Å². The molecule has 0 aromatic heterocycles. The lowest BCUT2D eigenvalue weighted by Crippen LogP contribution is -2.29. The zero-order chi connectivity index (χ0) is 12.8. The van der Waals surface area contributed by atoms with Gasteiger partial charge in [0.1, 0.15) is 5.84 Å². The fraction of sp³-hybridized carbons (Fsp3) is 0.929. The Balaban J connectivity index is 1.57. The molecule has 2 rings (SSSR count). The summed E-state index contributed by atoms with van der Waals surface area (Å²) in [6.07, 6.45) is 8.96. The van der Waals surface area contributed by atoms with Crippen molar-refractivity contribution in [1.82, 2.24) is 10.7 Å². The molecular weight excluding hydrogens is 224 g/mol. The highest BCUT2D eigenvalue weighted by Gasteiger charge is 2.32. The molecular formula is C14H28N4. The van der Waals surface area contributed by atoms with Crippen molar-refractivity contribution < 1.29 is 0 Å². The third-order valence-corrected chi connectivity index (χ3v) is 4.34. The maximum Gasteiger partial charge on any atom is 0.121 e. The van der Waals surface area contributed by atoms with E-state index in [1.54, 1.807) is 0 Å². The Morgan fingerprint density at radius 1 is 1.39 bits per heavy atom. The number of amidine groups is 1. The summed E-state index contributed by atoms with van der Waals surface area (Å²) in [6.45, 7) is 4.64. The van der Waals surface area contributed by atoms with Crippen molar-refractivity contribution in [2.24, 2.45) is 22.7 Å². The molecule has 1 aliphatic carbocycles. The molecule has 0 bridgehead atoms. The minimum absolute atomic E-state index is 0.509. The molecule has 3 atom stereocenters. The van der Waals surface area contributed by atoms with Crippen molar-refractivity contribution in [3.8, 4) is 0 Å². The maximum atomic E-state index is 5.73. The van der Waals surface area contributed by atoms with E-state index in [-0.39, 0.29) is 0 Å². The molecule has 0 amide bonds. The normalized spacial score (nSPS) is 31.4. The molecule has 1 saturated carbocycles. The highest BCUT2D eigenvalue weighted by molar-refractivity contribution is 5.82. The van der Waals surface area contributed by atoms with Gasteiger partial charge >= 0.3 is 0 Å². The van der Waals surface area contributed by atoms with Crippen LogP contribution in [0.15, 0.2) is 5.10 Å². The van der Waals surface area contributed by atoms with Gasteiger partial charge in [-0.1, -0.05) is 19.8 Å². The van der Waals surface area contributed by atoms with E-state index in [0.717, 1.165) is 24.1 Å². The summed E-state index contributed by atoms with van der Waals surface area (Å²) in [6, 6.07) is 0.509. The van der Waals surface area contributed by atoms with E-state index in [2.05, 4.69) is 22.8 Å². The second-order valence-electron chi connectivity index (χ2n) is 5.89. The number of hydrogen-bond acceptors (Lipinski definition) is 4. The van der Waals surface area contributed by atoms with Crippen LogP contribution in [0.3, 0.4) is 0 Å². The number of rotatable bonds is 7. The van der Waals surface area contributed by atoms with Gasteiger partial charge in [0.25, 0.3) is 0 Å². The molecule has 0 saturated heterocycles. The monoisotopic (exact) mass is 252 g/mol. The third kappa shape index (κ3) is 3.87. The summed E-state index contributed by atoms with van der Waals surface area (Å²) >= 11 is 0. The SMILES string of the molecule is CCCCCNCC1CCC(C2CC(N)=NN2)C1. The molecule has 1 fully saturated rings. The van der Waals surface area contributed by atoms with E-state index in [1.165, 1.54) is 51.6 Å². The molecule has 4 nitrogen and oxygen atoms in total. The molecule has 0 aromatic rings. The molecule has 0 spiro atoms. The number of unbranched alkanes of at least 4 members (excludes halogenated alkanes) is 2. The van der Waals surface area contributed by atoms with E-state index in [9.17, 15) is 0 Å². The van der Waals surface area contributed by atoms with E-state index in [1.807, 2.05) is 0 Å². The average Bonchev–Trinajstić information content (AvgIpc) is 2.97. The Hall–Kier alpha value is -0.770. The summed E-state index contributed by atoms with van der Waals surface area (Å²) in [7, 11) is 0. The van der Waals surface area contributed by atoms with Gasteiger partial charge in [0.05, 0.1) is 6.04 Å². The van der Waals surface area contributed by atoms with Gasteiger partial charge in [-0.15, -0.1) is 0 Å². The van der Waals surface area contributed by atoms with Gasteiger partial charge in [-0.2, -0.15) is 5.10 Å². The van der Waals surface area contributed by atoms with Crippen LogP contribution in [0.2, 0.25) is 0 Å². The fourth-order valence-electron chi connectivity index (χ4n) is 3.23. The van der Waals surface area contributed by atoms with Crippen LogP contribution in [0.25, 0.3) is 0 Å². The summed E-state index contributed by atoms with van der Waals surface area (Å²) in [5, 5.41) is 7.72. The zero-order valence-corrected chi connectivity index (χ0v) is 11.6. The second kappa shape index (κ2) is 6.98. The predicted molar refractivity (Wildman–Crippen MR) is 76.4 cm³/mol. The Bertz CT molecular complexity index is 277. The van der Waals surface area contributed by atoms with Crippen LogP contribution in [0.4, 0.5) is 0 Å². The highest BCUT2D eigenvalue weighted by atomic mass is 15.3. The second-order valence-corrected chi connectivity index (χ2v) is 5.89. The van der Waals surface area contributed by atoms with Crippen LogP contribution in [-0.2, 0) is 0 Å². The molecule has 1 heterocycles. The van der Waals surface area contributed by atoms with E-state index in [4.69, 9.17) is 5.73 Å². The molecule has 2 aliphatic rings. The van der Waals surface area contributed by atoms with E-state index < -0.39 is 0 Å². The first-order valence-corrected chi connectivity index (χ1v) is 7.58. The van der Waals surface area contributed by atoms with Gasteiger partial charge in [0, 0.05) is 6.42 Å². The largest absolute Gasteiger partial charge is 0.386 e. The van der Waals surface area contributed by atoms with E-state index >= 15 is 0 Å². The van der Waals surface area contributed by atoms with Gasteiger partial charge in [-0.25, -0.2) is 0 Å². The Morgan fingerprint density at radius 2 is 2.28 bits per heavy atom. The number of nitrogens with one attached hydrogen (secondary N) is 2. The van der Waals surface area contributed by atoms with Crippen molar-refractivity contribution >= 4 is 5.84 Å². The maximum absolute atomic E-state index is 5.73. The standard InChI is InChI=1S/C14H28N4/c1-2-3-4-7-16-10-11-5-6-12(8-11)13-9-14(15)18-17-13/h11-13,16-17H,2-10H2,1H3,(H2,15,18). The van der Waals surface area contributed by atoms with Crippen molar-refractivity contribution in [2.45, 2.75) is 57.9 Å². The molecule has 104 valence electrons. The number of hydrazone groups is 1. The fourth-order valence-corrected chi connectivity index (χ4v) is 3.23. The molecule has 18 heavy (non-hydrogen) atoms. The molecule has 0 aromatic carbocycles. The number of nitrogens with two attached hydrogens (primary N) is 1. The van der Waals surface area contributed by atoms with Crippen molar-refractivity contribution in [1.29, 1.82) is 0 Å². The zero-order valence-electron chi connectivity index (χ0n) is 11.6. The summed E-state index contributed by atoms with van der Waals surface area (Å²) in [4.78, 5) is 0. The van der Waals surface area contributed by atoms with Crippen LogP contribution >= 0.6 is 0 Å². The topological polar surface area (TPSA) is 62.4 Å². The van der Waals surface area contributed by atoms with Crippen molar-refractivity contribution in [3.63, 3.8) is 0 Å². The van der Waals surface area contributed by atoms with Gasteiger partial charge < -0.3 is 16.5 Å². The molecule has 4 heteroatoms. The lowest BCUT2D eigenvalue weighted by molar-refractivity contribution is 0.371. The Morgan fingerprint density at radius 3 is 3.00 bits per heavy atom. The molecule has 4 N–H and O–H groups in total. The van der Waals surface area contributed by atoms with Crippen LogP contribution in [0.1, 0.15) is 51.9 Å². The summed E-state index contributed by atoms with van der Waals surface area (Å²) in [5.74, 6) is 2.42. The van der Waals surface area contributed by atoms with Gasteiger partial charge in [0.2, 0.25) is 0 Å². The molecule has 1 aliphatic heterocycles. The summed E-state index contributed by atoms with van der Waals surface area (Å²) < 4.78 is 0. The Labute approximate surface area is 111 Å². The van der Waals surface area contributed by atoms with Crippen molar-refractivity contribution in [2.75, 3.05) is 13.1 Å². The minimum atomic E-state index is 0.509. The van der Waals surface area contributed by atoms with Gasteiger partial charge in [-0.3, -0.25) is 0 Å².